The maximum Gasteiger partial charge on any atom is 0.235 e. The summed E-state index contributed by atoms with van der Waals surface area (Å²) in [5, 5.41) is 2.54. The standard InChI is InChI=1S/C17H27N3O2S/c1-12(16(22)20(5)11-17(3,4)10-18)23-15-8-6-14(7-9-15)19-13(2)21/h6-9,12H,10-11,18H2,1-5H3,(H,19,21). The number of benzene rings is 1. The van der Waals surface area contributed by atoms with Crippen LogP contribution in [-0.4, -0.2) is 42.1 Å². The number of rotatable bonds is 7. The van der Waals surface area contributed by atoms with Gasteiger partial charge in [0.05, 0.1) is 5.25 Å². The smallest absolute Gasteiger partial charge is 0.235 e. The fraction of sp³-hybridized carbons (Fsp3) is 0.529. The topological polar surface area (TPSA) is 75.4 Å². The Kier molecular flexibility index (Phi) is 7.09. The van der Waals surface area contributed by atoms with Crippen LogP contribution < -0.4 is 11.1 Å². The van der Waals surface area contributed by atoms with Crippen molar-refractivity contribution < 1.29 is 9.59 Å². The van der Waals surface area contributed by atoms with Crippen LogP contribution in [0.4, 0.5) is 5.69 Å². The average Bonchev–Trinajstić information content (AvgIpc) is 2.47. The first kappa shape index (κ1) is 19.5. The average molecular weight is 337 g/mol. The predicted octanol–water partition coefficient (Wildman–Crippen LogP) is 2.57. The molecule has 23 heavy (non-hydrogen) atoms. The molecule has 0 fully saturated rings. The second-order valence-corrected chi connectivity index (χ2v) is 7.94. The number of hydrogen-bond acceptors (Lipinski definition) is 4. The Balaban J connectivity index is 2.62. The van der Waals surface area contributed by atoms with Crippen LogP contribution in [0, 0.1) is 5.41 Å². The van der Waals surface area contributed by atoms with Gasteiger partial charge < -0.3 is 16.0 Å². The van der Waals surface area contributed by atoms with Crippen molar-refractivity contribution in [3.8, 4) is 0 Å². The van der Waals surface area contributed by atoms with Crippen LogP contribution >= 0.6 is 11.8 Å². The molecule has 0 aliphatic carbocycles. The second-order valence-electron chi connectivity index (χ2n) is 6.53. The van der Waals surface area contributed by atoms with Gasteiger partial charge in [-0.25, -0.2) is 0 Å². The van der Waals surface area contributed by atoms with Crippen LogP contribution in [0.2, 0.25) is 0 Å². The van der Waals surface area contributed by atoms with E-state index in [0.29, 0.717) is 13.1 Å². The lowest BCUT2D eigenvalue weighted by atomic mass is 9.93. The van der Waals surface area contributed by atoms with E-state index >= 15 is 0 Å². The van der Waals surface area contributed by atoms with Gasteiger partial charge in [-0.3, -0.25) is 9.59 Å². The van der Waals surface area contributed by atoms with Crippen LogP contribution in [0.5, 0.6) is 0 Å². The lowest BCUT2D eigenvalue weighted by molar-refractivity contribution is -0.130. The molecule has 0 aliphatic rings. The van der Waals surface area contributed by atoms with E-state index in [4.69, 9.17) is 5.73 Å². The van der Waals surface area contributed by atoms with Crippen molar-refractivity contribution in [2.75, 3.05) is 25.5 Å². The minimum absolute atomic E-state index is 0.0856. The van der Waals surface area contributed by atoms with E-state index < -0.39 is 0 Å². The summed E-state index contributed by atoms with van der Waals surface area (Å²) in [4.78, 5) is 26.2. The van der Waals surface area contributed by atoms with E-state index in [9.17, 15) is 9.59 Å². The van der Waals surface area contributed by atoms with Crippen LogP contribution in [0.25, 0.3) is 0 Å². The minimum atomic E-state index is -0.180. The number of thioether (sulfide) groups is 1. The van der Waals surface area contributed by atoms with Crippen molar-refractivity contribution in [3.63, 3.8) is 0 Å². The fourth-order valence-corrected chi connectivity index (χ4v) is 3.15. The monoisotopic (exact) mass is 337 g/mol. The quantitative estimate of drug-likeness (QED) is 0.750. The number of nitrogens with one attached hydrogen (secondary N) is 1. The highest BCUT2D eigenvalue weighted by molar-refractivity contribution is 8.00. The maximum absolute atomic E-state index is 12.5. The SMILES string of the molecule is CC(=O)Nc1ccc(SC(C)C(=O)N(C)CC(C)(C)CN)cc1. The molecule has 1 aromatic carbocycles. The predicted molar refractivity (Wildman–Crippen MR) is 96.5 cm³/mol. The first-order chi connectivity index (χ1) is 10.6. The summed E-state index contributed by atoms with van der Waals surface area (Å²) in [5.74, 6) is -0.0134. The highest BCUT2D eigenvalue weighted by Gasteiger charge is 2.24. The molecule has 6 heteroatoms. The Labute approximate surface area is 143 Å². The molecule has 0 spiro atoms. The molecule has 0 saturated heterocycles. The number of carbonyl (C=O) groups excluding carboxylic acids is 2. The van der Waals surface area contributed by atoms with Gasteiger partial charge in [0, 0.05) is 31.1 Å². The Morgan fingerprint density at radius 3 is 2.35 bits per heavy atom. The number of nitrogens with two attached hydrogens (primary N) is 1. The molecule has 0 radical (unpaired) electrons. The number of hydrogen-bond donors (Lipinski definition) is 2. The number of anilines is 1. The Morgan fingerprint density at radius 1 is 1.30 bits per heavy atom. The van der Waals surface area contributed by atoms with E-state index in [0.717, 1.165) is 10.6 Å². The van der Waals surface area contributed by atoms with Gasteiger partial charge in [-0.15, -0.1) is 11.8 Å². The summed E-state index contributed by atoms with van der Waals surface area (Å²) < 4.78 is 0. The van der Waals surface area contributed by atoms with Crippen LogP contribution in [-0.2, 0) is 9.59 Å². The molecular formula is C17H27N3O2S. The molecule has 5 nitrogen and oxygen atoms in total. The van der Waals surface area contributed by atoms with E-state index in [1.807, 2.05) is 38.2 Å². The first-order valence-electron chi connectivity index (χ1n) is 7.64. The molecule has 0 heterocycles. The third-order valence-corrected chi connectivity index (χ3v) is 4.53. The van der Waals surface area contributed by atoms with Crippen molar-refractivity contribution in [1.29, 1.82) is 0 Å². The molecule has 0 aliphatic heterocycles. The highest BCUT2D eigenvalue weighted by Crippen LogP contribution is 2.26. The molecule has 0 bridgehead atoms. The lowest BCUT2D eigenvalue weighted by Gasteiger charge is -2.30. The third kappa shape index (κ3) is 6.62. The Hall–Kier alpha value is -1.53. The zero-order valence-electron chi connectivity index (χ0n) is 14.6. The largest absolute Gasteiger partial charge is 0.344 e. The van der Waals surface area contributed by atoms with Gasteiger partial charge in [0.1, 0.15) is 0 Å². The Bertz CT molecular complexity index is 543. The molecule has 1 aromatic rings. The van der Waals surface area contributed by atoms with Crippen molar-refractivity contribution in [2.45, 2.75) is 37.8 Å². The van der Waals surface area contributed by atoms with E-state index in [-0.39, 0.29) is 22.5 Å². The molecule has 1 atom stereocenters. The van der Waals surface area contributed by atoms with Crippen molar-refractivity contribution >= 4 is 29.3 Å². The zero-order chi connectivity index (χ0) is 17.6. The van der Waals surface area contributed by atoms with Crippen molar-refractivity contribution in [3.05, 3.63) is 24.3 Å². The summed E-state index contributed by atoms with van der Waals surface area (Å²) in [7, 11) is 1.82. The van der Waals surface area contributed by atoms with Crippen LogP contribution in [0.1, 0.15) is 27.7 Å². The van der Waals surface area contributed by atoms with Gasteiger partial charge in [0.15, 0.2) is 0 Å². The summed E-state index contributed by atoms with van der Waals surface area (Å²) >= 11 is 1.51. The molecule has 3 N–H and O–H groups in total. The van der Waals surface area contributed by atoms with Gasteiger partial charge in [0.25, 0.3) is 0 Å². The minimum Gasteiger partial charge on any atom is -0.344 e. The second kappa shape index (κ2) is 8.36. The van der Waals surface area contributed by atoms with Gasteiger partial charge in [-0.1, -0.05) is 13.8 Å². The van der Waals surface area contributed by atoms with Gasteiger partial charge in [0.2, 0.25) is 11.8 Å². The van der Waals surface area contributed by atoms with Gasteiger partial charge in [-0.2, -0.15) is 0 Å². The van der Waals surface area contributed by atoms with Crippen molar-refractivity contribution in [2.24, 2.45) is 11.1 Å². The van der Waals surface area contributed by atoms with E-state index in [1.165, 1.54) is 18.7 Å². The van der Waals surface area contributed by atoms with Crippen molar-refractivity contribution in [1.82, 2.24) is 4.90 Å². The number of amides is 2. The highest BCUT2D eigenvalue weighted by atomic mass is 32.2. The molecule has 0 aromatic heterocycles. The molecule has 128 valence electrons. The van der Waals surface area contributed by atoms with Crippen LogP contribution in [0.3, 0.4) is 0 Å². The number of carbonyl (C=O) groups is 2. The molecular weight excluding hydrogens is 310 g/mol. The van der Waals surface area contributed by atoms with E-state index in [1.54, 1.807) is 4.90 Å². The molecule has 0 saturated carbocycles. The fourth-order valence-electron chi connectivity index (χ4n) is 2.17. The maximum atomic E-state index is 12.5. The summed E-state index contributed by atoms with van der Waals surface area (Å²) in [6.07, 6.45) is 0. The molecule has 2 amide bonds. The zero-order valence-corrected chi connectivity index (χ0v) is 15.4. The Morgan fingerprint density at radius 2 is 1.87 bits per heavy atom. The first-order valence-corrected chi connectivity index (χ1v) is 8.52. The molecule has 1 unspecified atom stereocenters. The third-order valence-electron chi connectivity index (χ3n) is 3.43. The molecule has 1 rings (SSSR count). The normalized spacial score (nSPS) is 12.6. The summed E-state index contributed by atoms with van der Waals surface area (Å²) in [6, 6.07) is 7.48. The van der Waals surface area contributed by atoms with Gasteiger partial charge >= 0.3 is 0 Å². The number of nitrogens with zero attached hydrogens (tertiary/aromatic N) is 1. The lowest BCUT2D eigenvalue weighted by Crippen LogP contribution is -2.42. The summed E-state index contributed by atoms with van der Waals surface area (Å²) in [6.45, 7) is 8.65. The van der Waals surface area contributed by atoms with Crippen LogP contribution in [0.15, 0.2) is 29.2 Å². The summed E-state index contributed by atoms with van der Waals surface area (Å²) in [5.41, 5.74) is 6.39. The van der Waals surface area contributed by atoms with E-state index in [2.05, 4.69) is 19.2 Å². The van der Waals surface area contributed by atoms with Gasteiger partial charge in [-0.05, 0) is 43.1 Å².